The monoisotopic (exact) mass is 297 g/mol. The molecule has 1 aromatic rings. The van der Waals surface area contributed by atoms with E-state index in [1.165, 1.54) is 11.1 Å². The van der Waals surface area contributed by atoms with Crippen LogP contribution in [0, 0.1) is 19.8 Å². The Morgan fingerprint density at radius 2 is 2.15 bits per heavy atom. The van der Waals surface area contributed by atoms with Gasteiger partial charge in [0.1, 0.15) is 0 Å². The van der Waals surface area contributed by atoms with Gasteiger partial charge in [0, 0.05) is 12.2 Å². The molecule has 1 aliphatic rings. The summed E-state index contributed by atoms with van der Waals surface area (Å²) in [6, 6.07) is 6.00. The molecule has 1 fully saturated rings. The molecule has 1 amide bonds. The summed E-state index contributed by atoms with van der Waals surface area (Å²) < 4.78 is 0. The molecule has 0 saturated carbocycles. The van der Waals surface area contributed by atoms with E-state index < -0.39 is 0 Å². The highest BCUT2D eigenvalue weighted by Crippen LogP contribution is 2.16. The molecule has 0 radical (unpaired) electrons. The van der Waals surface area contributed by atoms with E-state index in [0.717, 1.165) is 31.7 Å². The quantitative estimate of drug-likeness (QED) is 0.893. The number of anilines is 1. The third kappa shape index (κ3) is 4.47. The smallest absolute Gasteiger partial charge is 0.238 e. The van der Waals surface area contributed by atoms with Gasteiger partial charge in [0.2, 0.25) is 5.91 Å². The normalized spacial score (nSPS) is 18.6. The maximum absolute atomic E-state index is 12.0. The number of benzene rings is 1. The molecular formula is C15H24ClN3O. The van der Waals surface area contributed by atoms with Gasteiger partial charge >= 0.3 is 0 Å². The predicted molar refractivity (Wildman–Crippen MR) is 85.4 cm³/mol. The van der Waals surface area contributed by atoms with Crippen molar-refractivity contribution in [3.8, 4) is 0 Å². The molecule has 0 aliphatic carbocycles. The van der Waals surface area contributed by atoms with Gasteiger partial charge in [-0.15, -0.1) is 12.4 Å². The number of amides is 1. The summed E-state index contributed by atoms with van der Waals surface area (Å²) in [6.07, 6.45) is 1.10. The predicted octanol–water partition coefficient (Wildman–Crippen LogP) is 1.94. The van der Waals surface area contributed by atoms with Gasteiger partial charge in [-0.3, -0.25) is 9.69 Å². The van der Waals surface area contributed by atoms with Gasteiger partial charge in [0.25, 0.3) is 0 Å². The number of rotatable bonds is 4. The zero-order chi connectivity index (χ0) is 13.8. The fourth-order valence-corrected chi connectivity index (χ4v) is 2.47. The van der Waals surface area contributed by atoms with Gasteiger partial charge in [0.15, 0.2) is 0 Å². The number of hydrogen-bond donors (Lipinski definition) is 2. The molecule has 1 aromatic carbocycles. The molecule has 1 atom stereocenters. The molecule has 0 aromatic heterocycles. The van der Waals surface area contributed by atoms with Gasteiger partial charge in [0.05, 0.1) is 6.54 Å². The Kier molecular flexibility index (Phi) is 6.46. The lowest BCUT2D eigenvalue weighted by molar-refractivity contribution is -0.117. The molecule has 112 valence electrons. The van der Waals surface area contributed by atoms with Crippen LogP contribution in [0.2, 0.25) is 0 Å². The second-order valence-electron chi connectivity index (χ2n) is 5.47. The minimum Gasteiger partial charge on any atom is -0.330 e. The fourth-order valence-electron chi connectivity index (χ4n) is 2.47. The number of likely N-dealkylation sites (tertiary alicyclic amines) is 1. The van der Waals surface area contributed by atoms with E-state index in [1.807, 2.05) is 18.2 Å². The van der Waals surface area contributed by atoms with Crippen molar-refractivity contribution in [2.45, 2.75) is 20.3 Å². The van der Waals surface area contributed by atoms with E-state index >= 15 is 0 Å². The number of hydrogen-bond acceptors (Lipinski definition) is 3. The van der Waals surface area contributed by atoms with Crippen LogP contribution in [0.25, 0.3) is 0 Å². The van der Waals surface area contributed by atoms with Gasteiger partial charge in [-0.2, -0.15) is 0 Å². The highest BCUT2D eigenvalue weighted by molar-refractivity contribution is 5.92. The first-order valence-electron chi connectivity index (χ1n) is 6.88. The Bertz CT molecular complexity index is 464. The van der Waals surface area contributed by atoms with Crippen molar-refractivity contribution in [2.75, 3.05) is 31.5 Å². The summed E-state index contributed by atoms with van der Waals surface area (Å²) in [5.41, 5.74) is 8.97. The first-order valence-corrected chi connectivity index (χ1v) is 6.88. The first-order chi connectivity index (χ1) is 9.08. The maximum atomic E-state index is 12.0. The van der Waals surface area contributed by atoms with Crippen molar-refractivity contribution in [2.24, 2.45) is 11.7 Å². The molecular weight excluding hydrogens is 274 g/mol. The minimum absolute atomic E-state index is 0. The molecule has 1 saturated heterocycles. The van der Waals surface area contributed by atoms with E-state index in [4.69, 9.17) is 5.73 Å². The van der Waals surface area contributed by atoms with Crippen LogP contribution in [0.15, 0.2) is 18.2 Å². The lowest BCUT2D eigenvalue weighted by Gasteiger charge is -2.15. The minimum atomic E-state index is 0. The van der Waals surface area contributed by atoms with Crippen molar-refractivity contribution >= 4 is 24.0 Å². The second kappa shape index (κ2) is 7.62. The number of nitrogens with zero attached hydrogens (tertiary/aromatic N) is 1. The van der Waals surface area contributed by atoms with E-state index in [0.29, 0.717) is 12.5 Å². The largest absolute Gasteiger partial charge is 0.330 e. The third-order valence-corrected chi connectivity index (χ3v) is 3.86. The molecule has 1 unspecified atom stereocenters. The maximum Gasteiger partial charge on any atom is 0.238 e. The summed E-state index contributed by atoms with van der Waals surface area (Å²) in [6.45, 7) is 7.22. The van der Waals surface area contributed by atoms with Crippen LogP contribution in [0.5, 0.6) is 0 Å². The van der Waals surface area contributed by atoms with Crippen molar-refractivity contribution in [1.82, 2.24) is 4.90 Å². The lowest BCUT2D eigenvalue weighted by atomic mass is 10.1. The van der Waals surface area contributed by atoms with Gasteiger partial charge in [-0.25, -0.2) is 0 Å². The average molecular weight is 298 g/mol. The lowest BCUT2D eigenvalue weighted by Crippen LogP contribution is -2.32. The van der Waals surface area contributed by atoms with E-state index in [1.54, 1.807) is 0 Å². The Hall–Kier alpha value is -1.10. The molecule has 4 nitrogen and oxygen atoms in total. The molecule has 5 heteroatoms. The molecule has 20 heavy (non-hydrogen) atoms. The fraction of sp³-hybridized carbons (Fsp3) is 0.533. The van der Waals surface area contributed by atoms with Gasteiger partial charge in [-0.05, 0) is 62.5 Å². The summed E-state index contributed by atoms with van der Waals surface area (Å²) in [7, 11) is 0. The summed E-state index contributed by atoms with van der Waals surface area (Å²) in [5.74, 6) is 0.607. The molecule has 1 heterocycles. The Balaban J connectivity index is 0.00000200. The van der Waals surface area contributed by atoms with Crippen molar-refractivity contribution in [3.63, 3.8) is 0 Å². The summed E-state index contributed by atoms with van der Waals surface area (Å²) in [4.78, 5) is 14.2. The number of aryl methyl sites for hydroxylation is 2. The number of nitrogens with two attached hydrogens (primary N) is 1. The standard InChI is InChI=1S/C15H23N3O.ClH/c1-11-3-4-14(7-12(11)2)17-15(19)10-18-6-5-13(8-16)9-18;/h3-4,7,13H,5-6,8-10,16H2,1-2H3,(H,17,19);1H. The van der Waals surface area contributed by atoms with Crippen LogP contribution in [0.3, 0.4) is 0 Å². The molecule has 1 aliphatic heterocycles. The number of carbonyl (C=O) groups is 1. The zero-order valence-corrected chi connectivity index (χ0v) is 13.0. The highest BCUT2D eigenvalue weighted by Gasteiger charge is 2.22. The number of nitrogens with one attached hydrogen (secondary N) is 1. The van der Waals surface area contributed by atoms with Crippen LogP contribution >= 0.6 is 12.4 Å². The Morgan fingerprint density at radius 1 is 1.40 bits per heavy atom. The average Bonchev–Trinajstić information content (AvgIpc) is 2.81. The number of halogens is 1. The Morgan fingerprint density at radius 3 is 2.75 bits per heavy atom. The highest BCUT2D eigenvalue weighted by atomic mass is 35.5. The van der Waals surface area contributed by atoms with Crippen LogP contribution in [-0.2, 0) is 4.79 Å². The van der Waals surface area contributed by atoms with Crippen LogP contribution < -0.4 is 11.1 Å². The third-order valence-electron chi connectivity index (χ3n) is 3.86. The zero-order valence-electron chi connectivity index (χ0n) is 12.2. The van der Waals surface area contributed by atoms with Gasteiger partial charge in [-0.1, -0.05) is 6.07 Å². The molecule has 3 N–H and O–H groups in total. The Labute approximate surface area is 127 Å². The van der Waals surface area contributed by atoms with E-state index in [2.05, 4.69) is 24.1 Å². The van der Waals surface area contributed by atoms with Crippen molar-refractivity contribution < 1.29 is 4.79 Å². The first kappa shape index (κ1) is 17.0. The van der Waals surface area contributed by atoms with Gasteiger partial charge < -0.3 is 11.1 Å². The second-order valence-corrected chi connectivity index (χ2v) is 5.47. The molecule has 2 rings (SSSR count). The topological polar surface area (TPSA) is 58.4 Å². The van der Waals surface area contributed by atoms with Crippen LogP contribution in [0.4, 0.5) is 5.69 Å². The molecule has 0 bridgehead atoms. The molecule has 0 spiro atoms. The SMILES string of the molecule is Cc1ccc(NC(=O)CN2CCC(CN)C2)cc1C.Cl. The number of carbonyl (C=O) groups excluding carboxylic acids is 1. The van der Waals surface area contributed by atoms with E-state index in [9.17, 15) is 4.79 Å². The van der Waals surface area contributed by atoms with Crippen molar-refractivity contribution in [1.29, 1.82) is 0 Å². The summed E-state index contributed by atoms with van der Waals surface area (Å²) >= 11 is 0. The van der Waals surface area contributed by atoms with Crippen LogP contribution in [-0.4, -0.2) is 37.0 Å². The summed E-state index contributed by atoms with van der Waals surface area (Å²) in [5, 5.41) is 2.96. The van der Waals surface area contributed by atoms with E-state index in [-0.39, 0.29) is 18.3 Å². The van der Waals surface area contributed by atoms with Crippen LogP contribution in [0.1, 0.15) is 17.5 Å². The van der Waals surface area contributed by atoms with Crippen molar-refractivity contribution in [3.05, 3.63) is 29.3 Å².